The molecule has 6 heteroatoms. The van der Waals surface area contributed by atoms with E-state index in [4.69, 9.17) is 4.74 Å². The van der Waals surface area contributed by atoms with Gasteiger partial charge in [0.05, 0.1) is 0 Å². The topological polar surface area (TPSA) is 75.6 Å². The van der Waals surface area contributed by atoms with E-state index in [1.54, 1.807) is 20.8 Å². The number of carboxylic acids is 1. The zero-order valence-electron chi connectivity index (χ0n) is 16.1. The van der Waals surface area contributed by atoms with Crippen molar-refractivity contribution < 1.29 is 19.4 Å². The van der Waals surface area contributed by atoms with Gasteiger partial charge in [0.15, 0.2) is 0 Å². The Bertz CT molecular complexity index is 702. The number of carbonyl (C=O) groups excluding carboxylic acids is 1. The standard InChI is InChI=1S/C21H28BrNO4/c1-21(2,3)27-20(26)23-18(19(24)25)12-11-17(14-7-4-5-8-14)15-9-6-10-16(22)13-15/h6,9-11,13-14,18H,4-5,7-8,12H2,1-3H3,(H,23,26)(H,24,25)/b17-11+/t18-/m0/s1. The second kappa shape index (κ2) is 9.40. The second-order valence-electron chi connectivity index (χ2n) is 7.92. The SMILES string of the molecule is CC(C)(C)OC(=O)N[C@@H](C/C=C(/c1cccc(Br)c1)C1CCCC1)C(=O)O. The fourth-order valence-corrected chi connectivity index (χ4v) is 3.74. The number of carbonyl (C=O) groups is 2. The number of halogens is 1. The average molecular weight is 438 g/mol. The molecule has 1 aromatic carbocycles. The summed E-state index contributed by atoms with van der Waals surface area (Å²) in [6.07, 6.45) is 6.06. The maximum Gasteiger partial charge on any atom is 0.408 e. The third-order valence-electron chi connectivity index (χ3n) is 4.52. The minimum absolute atomic E-state index is 0.215. The molecule has 5 nitrogen and oxygen atoms in total. The minimum Gasteiger partial charge on any atom is -0.480 e. The lowest BCUT2D eigenvalue weighted by molar-refractivity contribution is -0.139. The molecule has 0 heterocycles. The monoisotopic (exact) mass is 437 g/mol. The number of alkyl carbamates (subject to hydrolysis) is 1. The fraction of sp³-hybridized carbons (Fsp3) is 0.524. The molecule has 0 spiro atoms. The first-order valence-corrected chi connectivity index (χ1v) is 10.1. The molecule has 1 fully saturated rings. The molecule has 0 saturated heterocycles. The summed E-state index contributed by atoms with van der Waals surface area (Å²) in [5.41, 5.74) is 1.58. The van der Waals surface area contributed by atoms with Crippen LogP contribution in [0.5, 0.6) is 0 Å². The van der Waals surface area contributed by atoms with E-state index < -0.39 is 23.7 Å². The molecule has 1 aromatic rings. The first-order valence-electron chi connectivity index (χ1n) is 9.34. The Morgan fingerprint density at radius 3 is 2.56 bits per heavy atom. The van der Waals surface area contributed by atoms with Crippen LogP contribution in [-0.4, -0.2) is 28.8 Å². The largest absolute Gasteiger partial charge is 0.480 e. The summed E-state index contributed by atoms with van der Waals surface area (Å²) in [5.74, 6) is -0.646. The highest BCUT2D eigenvalue weighted by molar-refractivity contribution is 9.10. The third kappa shape index (κ3) is 7.01. The number of carboxylic acid groups (broad SMARTS) is 1. The Labute approximate surface area is 169 Å². The number of aliphatic carboxylic acids is 1. The van der Waals surface area contributed by atoms with Crippen LogP contribution in [0.25, 0.3) is 5.57 Å². The Morgan fingerprint density at radius 2 is 2.00 bits per heavy atom. The second-order valence-corrected chi connectivity index (χ2v) is 8.84. The molecular weight excluding hydrogens is 410 g/mol. The third-order valence-corrected chi connectivity index (χ3v) is 5.01. The van der Waals surface area contributed by atoms with Crippen molar-refractivity contribution in [3.8, 4) is 0 Å². The number of ether oxygens (including phenoxy) is 1. The van der Waals surface area contributed by atoms with Crippen LogP contribution in [0.2, 0.25) is 0 Å². The van der Waals surface area contributed by atoms with E-state index in [1.807, 2.05) is 24.3 Å². The summed E-state index contributed by atoms with van der Waals surface area (Å²) in [7, 11) is 0. The summed E-state index contributed by atoms with van der Waals surface area (Å²) in [6.45, 7) is 5.23. The molecule has 1 aliphatic carbocycles. The molecule has 2 rings (SSSR count). The number of amides is 1. The predicted molar refractivity (Wildman–Crippen MR) is 109 cm³/mol. The molecule has 0 aliphatic heterocycles. The maximum atomic E-state index is 12.0. The highest BCUT2D eigenvalue weighted by atomic mass is 79.9. The number of hydrogen-bond donors (Lipinski definition) is 2. The lowest BCUT2D eigenvalue weighted by Gasteiger charge is -2.22. The van der Waals surface area contributed by atoms with Gasteiger partial charge in [-0.15, -0.1) is 0 Å². The van der Waals surface area contributed by atoms with Crippen LogP contribution >= 0.6 is 15.9 Å². The summed E-state index contributed by atoms with van der Waals surface area (Å²) in [5, 5.41) is 12.0. The average Bonchev–Trinajstić information content (AvgIpc) is 3.06. The highest BCUT2D eigenvalue weighted by Crippen LogP contribution is 2.37. The van der Waals surface area contributed by atoms with Gasteiger partial charge < -0.3 is 15.2 Å². The molecule has 1 saturated carbocycles. The Balaban J connectivity index is 2.18. The van der Waals surface area contributed by atoms with Gasteiger partial charge in [0.25, 0.3) is 0 Å². The van der Waals surface area contributed by atoms with Crippen molar-refractivity contribution in [3.63, 3.8) is 0 Å². The van der Waals surface area contributed by atoms with Gasteiger partial charge in [0.1, 0.15) is 11.6 Å². The van der Waals surface area contributed by atoms with E-state index in [0.717, 1.165) is 28.5 Å². The Morgan fingerprint density at radius 1 is 1.33 bits per heavy atom. The van der Waals surface area contributed by atoms with Crippen molar-refractivity contribution in [2.75, 3.05) is 0 Å². The van der Waals surface area contributed by atoms with Gasteiger partial charge in [-0.1, -0.05) is 47.0 Å². The Hall–Kier alpha value is -1.82. The molecule has 27 heavy (non-hydrogen) atoms. The number of rotatable bonds is 6. The van der Waals surface area contributed by atoms with Crippen LogP contribution in [0.4, 0.5) is 4.79 Å². The fourth-order valence-electron chi connectivity index (χ4n) is 3.34. The zero-order valence-corrected chi connectivity index (χ0v) is 17.7. The molecule has 1 aliphatic rings. The first-order chi connectivity index (χ1) is 12.7. The van der Waals surface area contributed by atoms with Gasteiger partial charge in [-0.2, -0.15) is 0 Å². The quantitative estimate of drug-likeness (QED) is 0.625. The van der Waals surface area contributed by atoms with Crippen LogP contribution in [0.1, 0.15) is 58.4 Å². The first kappa shape index (κ1) is 21.5. The molecule has 1 atom stereocenters. The Kier molecular flexibility index (Phi) is 7.48. The summed E-state index contributed by atoms with van der Waals surface area (Å²) in [4.78, 5) is 23.6. The maximum absolute atomic E-state index is 12.0. The molecule has 2 N–H and O–H groups in total. The van der Waals surface area contributed by atoms with Gasteiger partial charge in [0.2, 0.25) is 0 Å². The van der Waals surface area contributed by atoms with Crippen LogP contribution < -0.4 is 5.32 Å². The van der Waals surface area contributed by atoms with Crippen molar-refractivity contribution >= 4 is 33.6 Å². The van der Waals surface area contributed by atoms with Crippen molar-refractivity contribution in [2.24, 2.45) is 5.92 Å². The summed E-state index contributed by atoms with van der Waals surface area (Å²) >= 11 is 3.51. The van der Waals surface area contributed by atoms with Crippen molar-refractivity contribution in [2.45, 2.75) is 64.5 Å². The van der Waals surface area contributed by atoms with E-state index in [0.29, 0.717) is 5.92 Å². The molecule has 0 unspecified atom stereocenters. The minimum atomic E-state index is -1.07. The van der Waals surface area contributed by atoms with Gasteiger partial charge in [-0.25, -0.2) is 9.59 Å². The van der Waals surface area contributed by atoms with Crippen LogP contribution in [0.15, 0.2) is 34.8 Å². The van der Waals surface area contributed by atoms with Gasteiger partial charge in [-0.3, -0.25) is 0 Å². The summed E-state index contributed by atoms with van der Waals surface area (Å²) in [6, 6.07) is 7.03. The van der Waals surface area contributed by atoms with Crippen LogP contribution in [0, 0.1) is 5.92 Å². The van der Waals surface area contributed by atoms with Crippen molar-refractivity contribution in [1.29, 1.82) is 0 Å². The van der Waals surface area contributed by atoms with Gasteiger partial charge in [-0.05, 0) is 69.2 Å². The highest BCUT2D eigenvalue weighted by Gasteiger charge is 2.25. The van der Waals surface area contributed by atoms with Crippen LogP contribution in [-0.2, 0) is 9.53 Å². The van der Waals surface area contributed by atoms with E-state index in [-0.39, 0.29) is 6.42 Å². The molecule has 148 valence electrons. The van der Waals surface area contributed by atoms with Gasteiger partial charge >= 0.3 is 12.1 Å². The van der Waals surface area contributed by atoms with E-state index in [1.165, 1.54) is 12.8 Å². The molecular formula is C21H28BrNO4. The predicted octanol–water partition coefficient (Wildman–Crippen LogP) is 5.39. The van der Waals surface area contributed by atoms with E-state index in [9.17, 15) is 14.7 Å². The lowest BCUT2D eigenvalue weighted by atomic mass is 9.89. The normalized spacial score (nSPS) is 16.8. The summed E-state index contributed by atoms with van der Waals surface area (Å²) < 4.78 is 6.18. The van der Waals surface area contributed by atoms with Crippen LogP contribution in [0.3, 0.4) is 0 Å². The van der Waals surface area contributed by atoms with Crippen molar-refractivity contribution in [3.05, 3.63) is 40.4 Å². The van der Waals surface area contributed by atoms with E-state index >= 15 is 0 Å². The van der Waals surface area contributed by atoms with Crippen molar-refractivity contribution in [1.82, 2.24) is 5.32 Å². The number of allylic oxidation sites excluding steroid dienone is 1. The van der Waals surface area contributed by atoms with Gasteiger partial charge in [0, 0.05) is 4.47 Å². The van der Waals surface area contributed by atoms with E-state index in [2.05, 4.69) is 27.3 Å². The molecule has 0 aromatic heterocycles. The number of benzene rings is 1. The smallest absolute Gasteiger partial charge is 0.408 e. The lowest BCUT2D eigenvalue weighted by Crippen LogP contribution is -2.43. The molecule has 0 bridgehead atoms. The zero-order chi connectivity index (χ0) is 20.0. The molecule has 0 radical (unpaired) electrons. The number of nitrogens with one attached hydrogen (secondary N) is 1. The molecule has 1 amide bonds. The number of hydrogen-bond acceptors (Lipinski definition) is 3.